The van der Waals surface area contributed by atoms with Gasteiger partial charge in [-0.3, -0.25) is 4.79 Å². The summed E-state index contributed by atoms with van der Waals surface area (Å²) in [7, 11) is 0. The molecule has 0 aromatic carbocycles. The third kappa shape index (κ3) is 3.05. The molecule has 0 radical (unpaired) electrons. The van der Waals surface area contributed by atoms with E-state index in [0.717, 1.165) is 11.6 Å². The van der Waals surface area contributed by atoms with Crippen LogP contribution in [0.25, 0.3) is 0 Å². The SMILES string of the molecule is C#CCN(CC1CC1)C(=O)c1csc(CN)n1. The van der Waals surface area contributed by atoms with E-state index in [-0.39, 0.29) is 5.91 Å². The zero-order valence-corrected chi connectivity index (χ0v) is 10.4. The molecule has 1 aromatic heterocycles. The number of thiazole rings is 1. The van der Waals surface area contributed by atoms with Crippen LogP contribution >= 0.6 is 11.3 Å². The van der Waals surface area contributed by atoms with Crippen LogP contribution in [0.1, 0.15) is 28.3 Å². The van der Waals surface area contributed by atoms with Crippen LogP contribution in [0.3, 0.4) is 0 Å². The Morgan fingerprint density at radius 3 is 3.00 bits per heavy atom. The highest BCUT2D eigenvalue weighted by atomic mass is 32.1. The number of carbonyl (C=O) groups excluding carboxylic acids is 1. The molecule has 1 aromatic rings. The van der Waals surface area contributed by atoms with Crippen LogP contribution in [-0.2, 0) is 6.54 Å². The van der Waals surface area contributed by atoms with Crippen LogP contribution in [0.5, 0.6) is 0 Å². The minimum atomic E-state index is -0.0780. The number of nitrogens with zero attached hydrogens (tertiary/aromatic N) is 2. The molecular formula is C12H15N3OS. The number of terminal acetylenes is 1. The van der Waals surface area contributed by atoms with E-state index < -0.39 is 0 Å². The molecule has 0 unspecified atom stereocenters. The average molecular weight is 249 g/mol. The molecular weight excluding hydrogens is 234 g/mol. The molecule has 2 N–H and O–H groups in total. The van der Waals surface area contributed by atoms with Crippen molar-refractivity contribution in [3.05, 3.63) is 16.1 Å². The predicted molar refractivity (Wildman–Crippen MR) is 67.5 cm³/mol. The van der Waals surface area contributed by atoms with Crippen molar-refractivity contribution in [3.63, 3.8) is 0 Å². The van der Waals surface area contributed by atoms with Gasteiger partial charge in [-0.15, -0.1) is 17.8 Å². The minimum absolute atomic E-state index is 0.0780. The van der Waals surface area contributed by atoms with Gasteiger partial charge in [0.2, 0.25) is 0 Å². The van der Waals surface area contributed by atoms with Crippen molar-refractivity contribution in [2.75, 3.05) is 13.1 Å². The molecule has 0 spiro atoms. The summed E-state index contributed by atoms with van der Waals surface area (Å²) in [6.45, 7) is 1.47. The van der Waals surface area contributed by atoms with Crippen molar-refractivity contribution < 1.29 is 4.79 Å². The van der Waals surface area contributed by atoms with E-state index in [2.05, 4.69) is 10.9 Å². The largest absolute Gasteiger partial charge is 0.326 e. The lowest BCUT2D eigenvalue weighted by atomic mass is 10.3. The molecule has 90 valence electrons. The van der Waals surface area contributed by atoms with Crippen molar-refractivity contribution in [3.8, 4) is 12.3 Å². The van der Waals surface area contributed by atoms with Crippen molar-refractivity contribution in [2.45, 2.75) is 19.4 Å². The topological polar surface area (TPSA) is 59.2 Å². The molecule has 0 bridgehead atoms. The highest BCUT2D eigenvalue weighted by Gasteiger charge is 2.27. The fraction of sp³-hybridized carbons (Fsp3) is 0.500. The molecule has 0 saturated heterocycles. The highest BCUT2D eigenvalue weighted by molar-refractivity contribution is 7.09. The fourth-order valence-electron chi connectivity index (χ4n) is 1.61. The Balaban J connectivity index is 2.06. The van der Waals surface area contributed by atoms with Gasteiger partial charge in [-0.1, -0.05) is 5.92 Å². The second-order valence-electron chi connectivity index (χ2n) is 4.16. The lowest BCUT2D eigenvalue weighted by Gasteiger charge is -2.18. The van der Waals surface area contributed by atoms with Crippen LogP contribution in [0.15, 0.2) is 5.38 Å². The van der Waals surface area contributed by atoms with Gasteiger partial charge in [-0.25, -0.2) is 4.98 Å². The van der Waals surface area contributed by atoms with E-state index >= 15 is 0 Å². The van der Waals surface area contributed by atoms with E-state index in [1.54, 1.807) is 10.3 Å². The van der Waals surface area contributed by atoms with Crippen LogP contribution in [0.4, 0.5) is 0 Å². The third-order valence-corrected chi connectivity index (χ3v) is 3.56. The molecule has 1 aliphatic carbocycles. The number of hydrogen-bond donors (Lipinski definition) is 1. The van der Waals surface area contributed by atoms with Crippen LogP contribution in [0.2, 0.25) is 0 Å². The first-order valence-electron chi connectivity index (χ1n) is 5.61. The molecule has 2 rings (SSSR count). The third-order valence-electron chi connectivity index (χ3n) is 2.69. The van der Waals surface area contributed by atoms with Crippen molar-refractivity contribution in [2.24, 2.45) is 11.7 Å². The first kappa shape index (κ1) is 12.1. The normalized spacial score (nSPS) is 14.4. The number of carbonyl (C=O) groups is 1. The molecule has 17 heavy (non-hydrogen) atoms. The smallest absolute Gasteiger partial charge is 0.274 e. The Kier molecular flexibility index (Phi) is 3.77. The highest BCUT2D eigenvalue weighted by Crippen LogP contribution is 2.30. The second kappa shape index (κ2) is 5.30. The Hall–Kier alpha value is -1.38. The number of nitrogens with two attached hydrogens (primary N) is 1. The van der Waals surface area contributed by atoms with E-state index in [0.29, 0.717) is 24.7 Å². The summed E-state index contributed by atoms with van der Waals surface area (Å²) >= 11 is 1.41. The molecule has 0 aliphatic heterocycles. The van der Waals surface area contributed by atoms with E-state index in [1.165, 1.54) is 24.2 Å². The van der Waals surface area contributed by atoms with Gasteiger partial charge < -0.3 is 10.6 Å². The first-order valence-corrected chi connectivity index (χ1v) is 6.49. The van der Waals surface area contributed by atoms with Gasteiger partial charge in [0.15, 0.2) is 0 Å². The molecule has 0 atom stereocenters. The molecule has 1 saturated carbocycles. The Morgan fingerprint density at radius 2 is 2.47 bits per heavy atom. The van der Waals surface area contributed by atoms with Gasteiger partial charge in [0.05, 0.1) is 6.54 Å². The maximum atomic E-state index is 12.2. The summed E-state index contributed by atoms with van der Waals surface area (Å²) in [5.41, 5.74) is 5.94. The van der Waals surface area contributed by atoms with E-state index in [4.69, 9.17) is 12.2 Å². The van der Waals surface area contributed by atoms with Crippen LogP contribution in [0, 0.1) is 18.3 Å². The maximum absolute atomic E-state index is 12.2. The molecule has 1 aliphatic rings. The molecule has 4 nitrogen and oxygen atoms in total. The van der Waals surface area contributed by atoms with Crippen LogP contribution in [-0.4, -0.2) is 28.9 Å². The predicted octanol–water partition coefficient (Wildman–Crippen LogP) is 1.09. The monoisotopic (exact) mass is 249 g/mol. The molecule has 1 fully saturated rings. The quantitative estimate of drug-likeness (QED) is 0.795. The van der Waals surface area contributed by atoms with Gasteiger partial charge in [-0.05, 0) is 18.8 Å². The van der Waals surface area contributed by atoms with Gasteiger partial charge in [0, 0.05) is 18.5 Å². The lowest BCUT2D eigenvalue weighted by Crippen LogP contribution is -2.33. The minimum Gasteiger partial charge on any atom is -0.326 e. The molecule has 1 heterocycles. The summed E-state index contributed by atoms with van der Waals surface area (Å²) in [6, 6.07) is 0. The first-order chi connectivity index (χ1) is 8.24. The summed E-state index contributed by atoms with van der Waals surface area (Å²) in [5.74, 6) is 3.08. The molecule has 1 amide bonds. The number of rotatable bonds is 5. The Bertz CT molecular complexity index is 445. The lowest BCUT2D eigenvalue weighted by molar-refractivity contribution is 0.0764. The second-order valence-corrected chi connectivity index (χ2v) is 5.11. The zero-order valence-electron chi connectivity index (χ0n) is 9.56. The maximum Gasteiger partial charge on any atom is 0.274 e. The number of amides is 1. The van der Waals surface area contributed by atoms with Crippen LogP contribution < -0.4 is 5.73 Å². The fourth-order valence-corrected chi connectivity index (χ4v) is 2.25. The van der Waals surface area contributed by atoms with Gasteiger partial charge in [0.25, 0.3) is 5.91 Å². The number of aromatic nitrogens is 1. The summed E-state index contributed by atoms with van der Waals surface area (Å²) in [4.78, 5) is 18.1. The van der Waals surface area contributed by atoms with Gasteiger partial charge in [-0.2, -0.15) is 0 Å². The van der Waals surface area contributed by atoms with Crippen molar-refractivity contribution in [1.82, 2.24) is 9.88 Å². The Morgan fingerprint density at radius 1 is 1.71 bits per heavy atom. The molecule has 5 heteroatoms. The average Bonchev–Trinajstić information content (AvgIpc) is 3.02. The Labute approximate surface area is 105 Å². The summed E-state index contributed by atoms with van der Waals surface area (Å²) in [5, 5.41) is 2.53. The van der Waals surface area contributed by atoms with Crippen molar-refractivity contribution in [1.29, 1.82) is 0 Å². The van der Waals surface area contributed by atoms with Gasteiger partial charge in [0.1, 0.15) is 10.7 Å². The summed E-state index contributed by atoms with van der Waals surface area (Å²) < 4.78 is 0. The van der Waals surface area contributed by atoms with Gasteiger partial charge >= 0.3 is 0 Å². The number of hydrogen-bond acceptors (Lipinski definition) is 4. The standard InChI is InChI=1S/C12H15N3OS/c1-2-5-15(7-9-3-4-9)12(16)10-8-17-11(6-13)14-10/h1,8-9H,3-7,13H2. The zero-order chi connectivity index (χ0) is 12.3. The van der Waals surface area contributed by atoms with E-state index in [1.807, 2.05) is 0 Å². The van der Waals surface area contributed by atoms with Crippen molar-refractivity contribution >= 4 is 17.2 Å². The van der Waals surface area contributed by atoms with E-state index in [9.17, 15) is 4.79 Å². The summed E-state index contributed by atoms with van der Waals surface area (Å²) in [6.07, 6.45) is 7.68.